The normalized spacial score (nSPS) is 15.5. The second-order valence-corrected chi connectivity index (χ2v) is 11.7. The van der Waals surface area contributed by atoms with Crippen LogP contribution in [-0.4, -0.2) is 15.6 Å². The van der Waals surface area contributed by atoms with E-state index >= 15 is 0 Å². The molecule has 0 amide bonds. The van der Waals surface area contributed by atoms with E-state index in [1.165, 1.54) is 10.6 Å². The number of aryl methyl sites for hydroxylation is 1. The molecule has 5 rings (SSSR count). The van der Waals surface area contributed by atoms with Crippen LogP contribution in [0.25, 0.3) is 11.4 Å². The monoisotopic (exact) mass is 445 g/mol. The Kier molecular flexibility index (Phi) is 5.86. The summed E-state index contributed by atoms with van der Waals surface area (Å²) >= 11 is 0. The van der Waals surface area contributed by atoms with Gasteiger partial charge in [0.05, 0.1) is 11.4 Å². The predicted molar refractivity (Wildman–Crippen MR) is 142 cm³/mol. The Morgan fingerprint density at radius 1 is 0.758 bits per heavy atom. The van der Waals surface area contributed by atoms with Crippen LogP contribution in [0.15, 0.2) is 134 Å². The van der Waals surface area contributed by atoms with E-state index in [1.807, 2.05) is 24.4 Å². The molecule has 2 nitrogen and oxygen atoms in total. The molecule has 2 aromatic carbocycles. The molecule has 4 aromatic rings. The summed E-state index contributed by atoms with van der Waals surface area (Å²) in [5.74, 6) is 0. The van der Waals surface area contributed by atoms with Crippen molar-refractivity contribution in [2.75, 3.05) is 0 Å². The molecule has 1 unspecified atom stereocenters. The van der Waals surface area contributed by atoms with Gasteiger partial charge in [-0.3, -0.25) is 4.98 Å². The lowest BCUT2D eigenvalue weighted by molar-refractivity contribution is 1.22. The third-order valence-corrected chi connectivity index (χ3v) is 10.7. The summed E-state index contributed by atoms with van der Waals surface area (Å²) in [5, 5.41) is 2.59. The number of rotatable bonds is 5. The number of benzene rings is 2. The summed E-state index contributed by atoms with van der Waals surface area (Å²) in [6, 6.07) is 32.1. The van der Waals surface area contributed by atoms with E-state index in [4.69, 9.17) is 4.98 Å². The number of allylic oxidation sites excluding steroid dienone is 5. The molecule has 2 aromatic heterocycles. The maximum Gasteiger partial charge on any atom is 0.194 e. The van der Waals surface area contributed by atoms with E-state index in [1.54, 1.807) is 0 Å². The van der Waals surface area contributed by atoms with Gasteiger partial charge in [-0.1, -0.05) is 73.3 Å². The van der Waals surface area contributed by atoms with Crippen LogP contribution in [0, 0.1) is 6.92 Å². The summed E-state index contributed by atoms with van der Waals surface area (Å²) in [7, 11) is -2.23. The molecule has 1 atom stereocenters. The van der Waals surface area contributed by atoms with Crippen molar-refractivity contribution in [3.63, 3.8) is 0 Å². The highest BCUT2D eigenvalue weighted by Gasteiger charge is 2.54. The van der Waals surface area contributed by atoms with Crippen molar-refractivity contribution in [1.29, 1.82) is 0 Å². The number of hydrogen-bond donors (Lipinski definition) is 0. The lowest BCUT2D eigenvalue weighted by atomic mass is 10.1. The fourth-order valence-corrected chi connectivity index (χ4v) is 9.18. The number of nitrogens with zero attached hydrogens (tertiary/aromatic N) is 2. The molecular weight excluding hydrogens is 419 g/mol. The second-order valence-electron chi connectivity index (χ2n) is 8.21. The van der Waals surface area contributed by atoms with Crippen LogP contribution in [0.3, 0.4) is 0 Å². The van der Waals surface area contributed by atoms with Gasteiger partial charge in [-0.05, 0) is 60.5 Å². The molecule has 0 saturated heterocycles. The largest absolute Gasteiger partial charge is 0.255 e. The molecule has 2 heterocycles. The van der Waals surface area contributed by atoms with Crippen LogP contribution in [0.1, 0.15) is 5.56 Å². The van der Waals surface area contributed by atoms with Crippen LogP contribution < -0.4 is 16.0 Å². The van der Waals surface area contributed by atoms with Crippen molar-refractivity contribution in [3.8, 4) is 11.4 Å². The molecule has 160 valence electrons. The number of pyridine rings is 2. The highest BCUT2D eigenvalue weighted by molar-refractivity contribution is 7.96. The van der Waals surface area contributed by atoms with E-state index < -0.39 is 7.26 Å². The Morgan fingerprint density at radius 2 is 1.42 bits per heavy atom. The fraction of sp³-hybridized carbons (Fsp3) is 0.0667. The third-order valence-electron chi connectivity index (χ3n) is 6.19. The zero-order chi connectivity index (χ0) is 22.7. The fourth-order valence-electron chi connectivity index (χ4n) is 4.63. The van der Waals surface area contributed by atoms with E-state index in [0.29, 0.717) is 0 Å². The molecule has 0 N–H and O–H groups in total. The van der Waals surface area contributed by atoms with Gasteiger partial charge in [0.15, 0.2) is 5.44 Å². The van der Waals surface area contributed by atoms with Crippen molar-refractivity contribution >= 4 is 23.3 Å². The standard InChI is InChI=1S/C30H26N2P/c1-23-13-9-10-19-28(23)33(25-14-5-3-6-15-25,26-16-7-4-8-17-26)29-21-20-24(2)30(32-29)27-18-11-12-22-31-27/h3-22,28H,1H2,2H3/q+1. The first-order valence-corrected chi connectivity index (χ1v) is 13.0. The SMILES string of the molecule is C=C1C=CC=CC1[P+](c1ccccc1)(c1ccccc1)c1ccc(C)c(-c2ccccn2)n1. The molecule has 1 aliphatic rings. The Hall–Kier alpha value is -3.61. The van der Waals surface area contributed by atoms with Crippen molar-refractivity contribution in [2.24, 2.45) is 0 Å². The average Bonchev–Trinajstić information content (AvgIpc) is 2.88. The Morgan fingerprint density at radius 3 is 2.03 bits per heavy atom. The van der Waals surface area contributed by atoms with Crippen molar-refractivity contribution in [3.05, 3.63) is 139 Å². The zero-order valence-corrected chi connectivity index (χ0v) is 19.6. The van der Waals surface area contributed by atoms with Gasteiger partial charge < -0.3 is 0 Å². The molecule has 0 saturated carbocycles. The third kappa shape index (κ3) is 3.77. The van der Waals surface area contributed by atoms with E-state index in [2.05, 4.69) is 116 Å². The van der Waals surface area contributed by atoms with Crippen LogP contribution in [-0.2, 0) is 0 Å². The minimum atomic E-state index is -2.23. The predicted octanol–water partition coefficient (Wildman–Crippen LogP) is 5.80. The van der Waals surface area contributed by atoms with Crippen LogP contribution in [0.2, 0.25) is 0 Å². The maximum atomic E-state index is 5.37. The van der Waals surface area contributed by atoms with Crippen LogP contribution in [0.4, 0.5) is 0 Å². The highest BCUT2D eigenvalue weighted by Crippen LogP contribution is 2.62. The Labute approximate surface area is 196 Å². The van der Waals surface area contributed by atoms with Gasteiger partial charge in [0.25, 0.3) is 0 Å². The van der Waals surface area contributed by atoms with Gasteiger partial charge in [-0.2, -0.15) is 0 Å². The summed E-state index contributed by atoms with van der Waals surface area (Å²) in [6.45, 7) is 6.59. The van der Waals surface area contributed by atoms with E-state index in [9.17, 15) is 0 Å². The second kappa shape index (κ2) is 9.10. The molecule has 3 heteroatoms. The Bertz CT molecular complexity index is 1290. The van der Waals surface area contributed by atoms with Crippen molar-refractivity contribution < 1.29 is 0 Å². The van der Waals surface area contributed by atoms with Gasteiger partial charge in [-0.15, -0.1) is 0 Å². The quantitative estimate of drug-likeness (QED) is 0.363. The van der Waals surface area contributed by atoms with Gasteiger partial charge in [0, 0.05) is 12.3 Å². The molecule has 0 radical (unpaired) electrons. The molecule has 0 spiro atoms. The first-order chi connectivity index (χ1) is 16.2. The highest BCUT2D eigenvalue weighted by atomic mass is 31.2. The van der Waals surface area contributed by atoms with Gasteiger partial charge in [-0.25, -0.2) is 4.98 Å². The summed E-state index contributed by atoms with van der Waals surface area (Å²) < 4.78 is 0. The number of aromatic nitrogens is 2. The van der Waals surface area contributed by atoms with Gasteiger partial charge in [0.2, 0.25) is 0 Å². The lowest BCUT2D eigenvalue weighted by Crippen LogP contribution is -2.40. The van der Waals surface area contributed by atoms with Crippen molar-refractivity contribution in [2.45, 2.75) is 12.6 Å². The first kappa shape index (κ1) is 21.2. The van der Waals surface area contributed by atoms with E-state index in [0.717, 1.165) is 28.0 Å². The molecule has 0 bridgehead atoms. The summed E-state index contributed by atoms with van der Waals surface area (Å²) in [4.78, 5) is 9.98. The molecule has 0 fully saturated rings. The summed E-state index contributed by atoms with van der Waals surface area (Å²) in [5.41, 5.74) is 5.28. The minimum absolute atomic E-state index is 0.124. The average molecular weight is 446 g/mol. The lowest BCUT2D eigenvalue weighted by Gasteiger charge is -2.33. The van der Waals surface area contributed by atoms with E-state index in [-0.39, 0.29) is 5.66 Å². The van der Waals surface area contributed by atoms with Crippen molar-refractivity contribution in [1.82, 2.24) is 9.97 Å². The molecule has 33 heavy (non-hydrogen) atoms. The summed E-state index contributed by atoms with van der Waals surface area (Å²) in [6.07, 6.45) is 10.5. The van der Waals surface area contributed by atoms with Gasteiger partial charge in [0.1, 0.15) is 23.5 Å². The minimum Gasteiger partial charge on any atom is -0.255 e. The molecule has 0 aliphatic heterocycles. The maximum absolute atomic E-state index is 5.37. The van der Waals surface area contributed by atoms with Crippen LogP contribution in [0.5, 0.6) is 0 Å². The zero-order valence-electron chi connectivity index (χ0n) is 18.7. The number of hydrogen-bond acceptors (Lipinski definition) is 2. The van der Waals surface area contributed by atoms with Gasteiger partial charge >= 0.3 is 0 Å². The smallest absolute Gasteiger partial charge is 0.194 e. The first-order valence-electron chi connectivity index (χ1n) is 11.1. The molecular formula is C30H26N2P+. The topological polar surface area (TPSA) is 25.8 Å². The Balaban J connectivity index is 1.86. The molecule has 1 aliphatic carbocycles. The van der Waals surface area contributed by atoms with Crippen LogP contribution >= 0.6 is 7.26 Å².